The highest BCUT2D eigenvalue weighted by Crippen LogP contribution is 2.22. The first-order valence-electron chi connectivity index (χ1n) is 7.22. The number of hydrogen-bond donors (Lipinski definition) is 1. The zero-order valence-electron chi connectivity index (χ0n) is 12.3. The van der Waals surface area contributed by atoms with Crippen LogP contribution >= 0.6 is 0 Å². The molecule has 2 rings (SSSR count). The minimum Gasteiger partial charge on any atom is -0.469 e. The summed E-state index contributed by atoms with van der Waals surface area (Å²) in [4.78, 5) is 14.4. The molecule has 0 bridgehead atoms. The average Bonchev–Trinajstić information content (AvgIpc) is 2.48. The van der Waals surface area contributed by atoms with Crippen molar-refractivity contribution in [1.29, 1.82) is 0 Å². The Hall–Kier alpha value is -1.39. The summed E-state index contributed by atoms with van der Waals surface area (Å²) in [5.74, 6) is 0.0827. The average molecular weight is 276 g/mol. The van der Waals surface area contributed by atoms with E-state index in [9.17, 15) is 4.79 Å². The molecule has 0 aliphatic carbocycles. The maximum absolute atomic E-state index is 12.1. The minimum absolute atomic E-state index is 0.168. The molecule has 4 nitrogen and oxygen atoms in total. The Labute approximate surface area is 120 Å². The number of nitrogens with two attached hydrogens (primary N) is 1. The second-order valence-corrected chi connectivity index (χ2v) is 5.68. The Morgan fingerprint density at radius 2 is 2.15 bits per heavy atom. The van der Waals surface area contributed by atoms with E-state index in [0.29, 0.717) is 12.5 Å². The maximum atomic E-state index is 12.1. The first-order valence-corrected chi connectivity index (χ1v) is 7.22. The molecule has 1 aliphatic heterocycles. The third-order valence-corrected chi connectivity index (χ3v) is 4.18. The van der Waals surface area contributed by atoms with Crippen molar-refractivity contribution < 1.29 is 9.53 Å². The van der Waals surface area contributed by atoms with E-state index < -0.39 is 0 Å². The Morgan fingerprint density at radius 3 is 2.75 bits per heavy atom. The first kappa shape index (κ1) is 15.0. The fraction of sp³-hybridized carbons (Fsp3) is 0.562. The quantitative estimate of drug-likeness (QED) is 0.849. The van der Waals surface area contributed by atoms with E-state index in [0.717, 1.165) is 25.1 Å². The second kappa shape index (κ2) is 6.86. The lowest BCUT2D eigenvalue weighted by atomic mass is 9.92. The lowest BCUT2D eigenvalue weighted by Gasteiger charge is -2.36. The van der Waals surface area contributed by atoms with Crippen LogP contribution in [-0.4, -0.2) is 43.7 Å². The predicted molar refractivity (Wildman–Crippen MR) is 79.4 cm³/mol. The van der Waals surface area contributed by atoms with Crippen molar-refractivity contribution in [2.75, 3.05) is 26.7 Å². The number of nitrogens with zero attached hydrogens (tertiary/aromatic N) is 1. The van der Waals surface area contributed by atoms with Crippen molar-refractivity contribution in [1.82, 2.24) is 4.90 Å². The molecule has 1 aromatic carbocycles. The van der Waals surface area contributed by atoms with Crippen LogP contribution in [0, 0.1) is 5.92 Å². The first-order chi connectivity index (χ1) is 9.61. The van der Waals surface area contributed by atoms with Gasteiger partial charge in [-0.1, -0.05) is 37.3 Å². The van der Waals surface area contributed by atoms with Crippen molar-refractivity contribution in [2.24, 2.45) is 11.7 Å². The maximum Gasteiger partial charge on any atom is 0.314 e. The Kier molecular flexibility index (Phi) is 5.15. The molecular weight excluding hydrogens is 252 g/mol. The predicted octanol–water partition coefficient (Wildman–Crippen LogP) is 1.61. The zero-order chi connectivity index (χ0) is 14.5. The summed E-state index contributed by atoms with van der Waals surface area (Å²) in [5, 5.41) is 0. The molecule has 4 heteroatoms. The van der Waals surface area contributed by atoms with Gasteiger partial charge in [0, 0.05) is 19.1 Å². The fourth-order valence-electron chi connectivity index (χ4n) is 2.82. The van der Waals surface area contributed by atoms with Gasteiger partial charge in [0.1, 0.15) is 0 Å². The van der Waals surface area contributed by atoms with Gasteiger partial charge in [-0.3, -0.25) is 4.79 Å². The molecule has 1 heterocycles. The lowest BCUT2D eigenvalue weighted by molar-refractivity contribution is -0.143. The largest absolute Gasteiger partial charge is 0.469 e. The molecule has 1 aromatic rings. The molecule has 2 N–H and O–H groups in total. The van der Waals surface area contributed by atoms with E-state index in [1.165, 1.54) is 7.11 Å². The Morgan fingerprint density at radius 1 is 1.45 bits per heavy atom. The molecule has 20 heavy (non-hydrogen) atoms. The summed E-state index contributed by atoms with van der Waals surface area (Å²) in [6.07, 6.45) is 0.990. The van der Waals surface area contributed by atoms with Gasteiger partial charge in [-0.15, -0.1) is 0 Å². The second-order valence-electron chi connectivity index (χ2n) is 5.68. The highest BCUT2D eigenvalue weighted by molar-refractivity contribution is 5.78. The van der Waals surface area contributed by atoms with E-state index in [1.807, 2.05) is 30.3 Å². The number of ether oxygens (including phenoxy) is 1. The Balaban J connectivity index is 2.07. The highest BCUT2D eigenvalue weighted by Gasteiger charge is 2.28. The van der Waals surface area contributed by atoms with Gasteiger partial charge in [0.25, 0.3) is 0 Å². The SMILES string of the molecule is COC(=O)C(CN1CCC(N)C(C)C1)c1ccccc1. The van der Waals surface area contributed by atoms with Crippen LogP contribution in [-0.2, 0) is 9.53 Å². The van der Waals surface area contributed by atoms with Crippen LogP contribution < -0.4 is 5.73 Å². The normalized spacial score (nSPS) is 25.1. The van der Waals surface area contributed by atoms with E-state index in [1.54, 1.807) is 0 Å². The molecule has 0 saturated carbocycles. The Bertz CT molecular complexity index is 435. The molecule has 110 valence electrons. The van der Waals surface area contributed by atoms with Crippen LogP contribution in [0.15, 0.2) is 30.3 Å². The van der Waals surface area contributed by atoms with Crippen molar-refractivity contribution in [2.45, 2.75) is 25.3 Å². The van der Waals surface area contributed by atoms with Gasteiger partial charge in [-0.2, -0.15) is 0 Å². The van der Waals surface area contributed by atoms with Crippen LogP contribution in [0.4, 0.5) is 0 Å². The smallest absolute Gasteiger partial charge is 0.314 e. The fourth-order valence-corrected chi connectivity index (χ4v) is 2.82. The van der Waals surface area contributed by atoms with Crippen molar-refractivity contribution in [3.8, 4) is 0 Å². The van der Waals surface area contributed by atoms with Gasteiger partial charge in [-0.25, -0.2) is 0 Å². The third-order valence-electron chi connectivity index (χ3n) is 4.18. The number of esters is 1. The summed E-state index contributed by atoms with van der Waals surface area (Å²) in [7, 11) is 1.45. The summed E-state index contributed by atoms with van der Waals surface area (Å²) >= 11 is 0. The molecule has 0 spiro atoms. The summed E-state index contributed by atoms with van der Waals surface area (Å²) < 4.78 is 4.97. The standard InChI is InChI=1S/C16H24N2O2/c1-12-10-18(9-8-15(12)17)11-14(16(19)20-2)13-6-4-3-5-7-13/h3-7,12,14-15H,8-11,17H2,1-2H3. The molecule has 1 aliphatic rings. The number of methoxy groups -OCH3 is 1. The van der Waals surface area contributed by atoms with Crippen LogP contribution in [0.2, 0.25) is 0 Å². The minimum atomic E-state index is -0.220. The van der Waals surface area contributed by atoms with Gasteiger partial charge in [-0.05, 0) is 24.4 Å². The number of benzene rings is 1. The number of likely N-dealkylation sites (tertiary alicyclic amines) is 1. The zero-order valence-corrected chi connectivity index (χ0v) is 12.3. The van der Waals surface area contributed by atoms with Crippen molar-refractivity contribution in [3.63, 3.8) is 0 Å². The molecule has 0 amide bonds. The molecular formula is C16H24N2O2. The number of carbonyl (C=O) groups excluding carboxylic acids is 1. The summed E-state index contributed by atoms with van der Waals surface area (Å²) in [6.45, 7) is 4.77. The van der Waals surface area contributed by atoms with Gasteiger partial charge in [0.2, 0.25) is 0 Å². The topological polar surface area (TPSA) is 55.6 Å². The number of carbonyl (C=O) groups is 1. The molecule has 1 saturated heterocycles. The lowest BCUT2D eigenvalue weighted by Crippen LogP contribution is -2.47. The monoisotopic (exact) mass is 276 g/mol. The van der Waals surface area contributed by atoms with E-state index in [2.05, 4.69) is 11.8 Å². The number of rotatable bonds is 4. The third kappa shape index (κ3) is 3.58. The van der Waals surface area contributed by atoms with E-state index >= 15 is 0 Å². The van der Waals surface area contributed by atoms with Gasteiger partial charge >= 0.3 is 5.97 Å². The van der Waals surface area contributed by atoms with Crippen LogP contribution in [0.25, 0.3) is 0 Å². The summed E-state index contributed by atoms with van der Waals surface area (Å²) in [5.41, 5.74) is 7.07. The molecule has 0 radical (unpaired) electrons. The van der Waals surface area contributed by atoms with Gasteiger partial charge in [0.05, 0.1) is 13.0 Å². The van der Waals surface area contributed by atoms with Crippen molar-refractivity contribution >= 4 is 5.97 Å². The van der Waals surface area contributed by atoms with E-state index in [4.69, 9.17) is 10.5 Å². The number of piperidine rings is 1. The van der Waals surface area contributed by atoms with E-state index in [-0.39, 0.29) is 17.9 Å². The molecule has 1 fully saturated rings. The van der Waals surface area contributed by atoms with Gasteiger partial charge in [0.15, 0.2) is 0 Å². The molecule has 3 unspecified atom stereocenters. The van der Waals surface area contributed by atoms with Gasteiger partial charge < -0.3 is 15.4 Å². The molecule has 0 aromatic heterocycles. The number of hydrogen-bond acceptors (Lipinski definition) is 4. The van der Waals surface area contributed by atoms with Crippen LogP contribution in [0.3, 0.4) is 0 Å². The van der Waals surface area contributed by atoms with Crippen LogP contribution in [0.5, 0.6) is 0 Å². The van der Waals surface area contributed by atoms with Crippen LogP contribution in [0.1, 0.15) is 24.8 Å². The highest BCUT2D eigenvalue weighted by atomic mass is 16.5. The van der Waals surface area contributed by atoms with Crippen molar-refractivity contribution in [3.05, 3.63) is 35.9 Å². The summed E-state index contributed by atoms with van der Waals surface area (Å²) in [6, 6.07) is 10.1. The molecule has 3 atom stereocenters.